The molecule has 0 fully saturated rings. The number of nitrogens with zero attached hydrogens (tertiary/aromatic N) is 2. The standard InChI is InChI=1S/C21H37N9O6/c1-3-11(2)16(30-17(32)13(22)5-4-6-26-21(23)24)19(34)29-15(9-31)18(33)28-14(20(35)36)7-12-8-25-10-27-12/h8,10-11,13-16,31H,3-7,9,22H2,1-2H3,(H,25,27)(H,28,33)(H,29,34)(H,30,32)(H,35,36)(H4,23,24,26). The molecule has 0 spiro atoms. The van der Waals surface area contributed by atoms with Crippen molar-refractivity contribution in [2.75, 3.05) is 13.2 Å². The Bertz CT molecular complexity index is 888. The molecule has 1 rings (SSSR count). The predicted molar refractivity (Wildman–Crippen MR) is 130 cm³/mol. The fourth-order valence-corrected chi connectivity index (χ4v) is 3.16. The lowest BCUT2D eigenvalue weighted by molar-refractivity contribution is -0.142. The van der Waals surface area contributed by atoms with Crippen molar-refractivity contribution in [3.05, 3.63) is 18.2 Å². The fourth-order valence-electron chi connectivity index (χ4n) is 3.16. The van der Waals surface area contributed by atoms with Crippen molar-refractivity contribution in [2.24, 2.45) is 28.1 Å². The number of nitrogens with two attached hydrogens (primary N) is 3. The first-order valence-corrected chi connectivity index (χ1v) is 11.5. The summed E-state index contributed by atoms with van der Waals surface area (Å²) in [7, 11) is 0. The molecule has 3 amide bonds. The Morgan fingerprint density at radius 1 is 1.11 bits per heavy atom. The second-order valence-electron chi connectivity index (χ2n) is 8.35. The van der Waals surface area contributed by atoms with Gasteiger partial charge in [-0.25, -0.2) is 9.78 Å². The molecule has 5 atom stereocenters. The van der Waals surface area contributed by atoms with Crippen molar-refractivity contribution < 1.29 is 29.4 Å². The van der Waals surface area contributed by atoms with E-state index in [1.54, 1.807) is 6.92 Å². The molecule has 202 valence electrons. The number of aliphatic hydroxyl groups is 1. The molecular weight excluding hydrogens is 474 g/mol. The van der Waals surface area contributed by atoms with Gasteiger partial charge in [0.2, 0.25) is 17.7 Å². The van der Waals surface area contributed by atoms with Gasteiger partial charge in [-0.1, -0.05) is 20.3 Å². The number of aliphatic carboxylic acids is 1. The van der Waals surface area contributed by atoms with Crippen molar-refractivity contribution in [3.8, 4) is 0 Å². The van der Waals surface area contributed by atoms with Gasteiger partial charge in [0.15, 0.2) is 5.96 Å². The number of H-pyrrole nitrogens is 1. The molecule has 36 heavy (non-hydrogen) atoms. The number of amides is 3. The van der Waals surface area contributed by atoms with Crippen LogP contribution in [0.4, 0.5) is 0 Å². The number of aromatic nitrogens is 2. The molecule has 15 heteroatoms. The molecule has 1 aromatic heterocycles. The Morgan fingerprint density at radius 3 is 2.31 bits per heavy atom. The Kier molecular flexibility index (Phi) is 12.9. The number of hydrogen-bond donors (Lipinski definition) is 9. The topological polar surface area (TPSA) is 264 Å². The second kappa shape index (κ2) is 15.3. The summed E-state index contributed by atoms with van der Waals surface area (Å²) >= 11 is 0. The quantitative estimate of drug-likeness (QED) is 0.0613. The molecule has 12 N–H and O–H groups in total. The first kappa shape index (κ1) is 30.3. The SMILES string of the molecule is CCC(C)C(NC(=O)C(N)CCCN=C(N)N)C(=O)NC(CO)C(=O)NC(Cc1cnc[nH]1)C(=O)O. The van der Waals surface area contributed by atoms with Crippen molar-refractivity contribution >= 4 is 29.7 Å². The number of carboxylic acid groups (broad SMARTS) is 1. The van der Waals surface area contributed by atoms with Crippen LogP contribution < -0.4 is 33.2 Å². The van der Waals surface area contributed by atoms with Gasteiger partial charge < -0.3 is 48.3 Å². The summed E-state index contributed by atoms with van der Waals surface area (Å²) in [6.07, 6.45) is 3.93. The Balaban J connectivity index is 2.80. The molecule has 0 aliphatic rings. The maximum Gasteiger partial charge on any atom is 0.326 e. The highest BCUT2D eigenvalue weighted by Crippen LogP contribution is 2.10. The van der Waals surface area contributed by atoms with Crippen LogP contribution in [0, 0.1) is 5.92 Å². The van der Waals surface area contributed by atoms with Crippen molar-refractivity contribution in [1.82, 2.24) is 25.9 Å². The summed E-state index contributed by atoms with van der Waals surface area (Å²) in [5, 5.41) is 26.4. The third kappa shape index (κ3) is 10.3. The Morgan fingerprint density at radius 2 is 1.78 bits per heavy atom. The zero-order chi connectivity index (χ0) is 27.3. The van der Waals surface area contributed by atoms with E-state index in [0.29, 0.717) is 25.1 Å². The van der Waals surface area contributed by atoms with Crippen LogP contribution in [0.1, 0.15) is 38.8 Å². The molecule has 0 aromatic carbocycles. The number of aromatic amines is 1. The third-order valence-corrected chi connectivity index (χ3v) is 5.51. The highest BCUT2D eigenvalue weighted by atomic mass is 16.4. The maximum absolute atomic E-state index is 13.0. The largest absolute Gasteiger partial charge is 0.480 e. The van der Waals surface area contributed by atoms with Crippen LogP contribution in [-0.2, 0) is 25.6 Å². The van der Waals surface area contributed by atoms with Crippen LogP contribution >= 0.6 is 0 Å². The van der Waals surface area contributed by atoms with Gasteiger partial charge >= 0.3 is 5.97 Å². The van der Waals surface area contributed by atoms with E-state index in [2.05, 4.69) is 30.9 Å². The molecule has 0 saturated carbocycles. The molecule has 0 radical (unpaired) electrons. The number of carboxylic acids is 1. The molecule has 1 aromatic rings. The fraction of sp³-hybridized carbons (Fsp3) is 0.619. The van der Waals surface area contributed by atoms with Gasteiger partial charge in [-0.15, -0.1) is 0 Å². The molecule has 1 heterocycles. The van der Waals surface area contributed by atoms with Gasteiger partial charge in [-0.2, -0.15) is 0 Å². The van der Waals surface area contributed by atoms with Crippen LogP contribution in [0.3, 0.4) is 0 Å². The molecule has 0 aliphatic carbocycles. The van der Waals surface area contributed by atoms with Gasteiger partial charge in [-0.05, 0) is 18.8 Å². The molecule has 0 bridgehead atoms. The number of guanidine groups is 1. The van der Waals surface area contributed by atoms with E-state index in [9.17, 15) is 29.4 Å². The summed E-state index contributed by atoms with van der Waals surface area (Å²) in [5.74, 6) is -3.91. The first-order valence-electron chi connectivity index (χ1n) is 11.5. The minimum absolute atomic E-state index is 0.0695. The van der Waals surface area contributed by atoms with E-state index in [1.165, 1.54) is 12.5 Å². The summed E-state index contributed by atoms with van der Waals surface area (Å²) in [4.78, 5) is 60.1. The summed E-state index contributed by atoms with van der Waals surface area (Å²) in [6.45, 7) is 3.05. The van der Waals surface area contributed by atoms with Gasteiger partial charge in [-0.3, -0.25) is 19.4 Å². The van der Waals surface area contributed by atoms with Crippen molar-refractivity contribution in [3.63, 3.8) is 0 Å². The van der Waals surface area contributed by atoms with Crippen molar-refractivity contribution in [1.29, 1.82) is 0 Å². The van der Waals surface area contributed by atoms with Gasteiger partial charge in [0.05, 0.1) is 19.0 Å². The van der Waals surface area contributed by atoms with E-state index < -0.39 is 54.5 Å². The Hall–Kier alpha value is -3.72. The number of rotatable bonds is 16. The third-order valence-electron chi connectivity index (χ3n) is 5.51. The van der Waals surface area contributed by atoms with Gasteiger partial charge in [0.1, 0.15) is 18.1 Å². The molecule has 5 unspecified atom stereocenters. The lowest BCUT2D eigenvalue weighted by Gasteiger charge is -2.27. The first-order chi connectivity index (χ1) is 17.0. The number of carbonyl (C=O) groups excluding carboxylic acids is 3. The molecule has 0 aliphatic heterocycles. The van der Waals surface area contributed by atoms with E-state index in [0.717, 1.165) is 0 Å². The number of hydrogen-bond acceptors (Lipinski definition) is 8. The Labute approximate surface area is 208 Å². The van der Waals surface area contributed by atoms with Crippen LogP contribution in [-0.4, -0.2) is 87.2 Å². The van der Waals surface area contributed by atoms with Crippen LogP contribution in [0.15, 0.2) is 17.5 Å². The lowest BCUT2D eigenvalue weighted by atomic mass is 9.97. The maximum atomic E-state index is 13.0. The van der Waals surface area contributed by atoms with Crippen LogP contribution in [0.25, 0.3) is 0 Å². The lowest BCUT2D eigenvalue weighted by Crippen LogP contribution is -2.59. The number of aliphatic imine (C=N–C) groups is 1. The minimum Gasteiger partial charge on any atom is -0.480 e. The molecule has 0 saturated heterocycles. The number of aliphatic hydroxyl groups excluding tert-OH is 1. The minimum atomic E-state index is -1.45. The van der Waals surface area contributed by atoms with E-state index in [-0.39, 0.29) is 24.7 Å². The average Bonchev–Trinajstić information content (AvgIpc) is 3.35. The summed E-state index contributed by atoms with van der Waals surface area (Å²) in [5.41, 5.74) is 16.9. The summed E-state index contributed by atoms with van der Waals surface area (Å²) < 4.78 is 0. The number of nitrogens with one attached hydrogen (secondary N) is 4. The average molecular weight is 512 g/mol. The van der Waals surface area contributed by atoms with Crippen LogP contribution in [0.2, 0.25) is 0 Å². The predicted octanol–water partition coefficient (Wildman–Crippen LogP) is -3.09. The molecule has 15 nitrogen and oxygen atoms in total. The van der Waals surface area contributed by atoms with Gasteiger partial charge in [0.25, 0.3) is 0 Å². The normalized spacial score (nSPS) is 15.0. The number of imidazole rings is 1. The smallest absolute Gasteiger partial charge is 0.326 e. The summed E-state index contributed by atoms with van der Waals surface area (Å²) in [6, 6.07) is -4.74. The second-order valence-corrected chi connectivity index (χ2v) is 8.35. The van der Waals surface area contributed by atoms with E-state index in [4.69, 9.17) is 17.2 Å². The highest BCUT2D eigenvalue weighted by molar-refractivity contribution is 5.94. The zero-order valence-electron chi connectivity index (χ0n) is 20.4. The van der Waals surface area contributed by atoms with Gasteiger partial charge in [0, 0.05) is 24.9 Å². The monoisotopic (exact) mass is 511 g/mol. The van der Waals surface area contributed by atoms with Crippen molar-refractivity contribution in [2.45, 2.75) is 63.7 Å². The molecular formula is C21H37N9O6. The van der Waals surface area contributed by atoms with Crippen LogP contribution in [0.5, 0.6) is 0 Å². The zero-order valence-corrected chi connectivity index (χ0v) is 20.4. The number of carbonyl (C=O) groups is 4. The highest BCUT2D eigenvalue weighted by Gasteiger charge is 2.32. The van der Waals surface area contributed by atoms with E-state index >= 15 is 0 Å². The van der Waals surface area contributed by atoms with E-state index in [1.807, 2.05) is 6.92 Å².